The third kappa shape index (κ3) is 3.61. The molecule has 1 saturated heterocycles. The molecule has 0 atom stereocenters. The van der Waals surface area contributed by atoms with Crippen LogP contribution in [0.4, 0.5) is 16.3 Å². The van der Waals surface area contributed by atoms with Gasteiger partial charge in [0.25, 0.3) is 0 Å². The summed E-state index contributed by atoms with van der Waals surface area (Å²) in [6.07, 6.45) is 2.71. The average Bonchev–Trinajstić information content (AvgIpc) is 3.22. The fourth-order valence-corrected chi connectivity index (χ4v) is 3.66. The lowest BCUT2D eigenvalue weighted by atomic mass is 10.0. The smallest absolute Gasteiger partial charge is 0.319 e. The van der Waals surface area contributed by atoms with Crippen molar-refractivity contribution in [3.63, 3.8) is 0 Å². The van der Waals surface area contributed by atoms with E-state index < -0.39 is 0 Å². The molecule has 2 aromatic heterocycles. The summed E-state index contributed by atoms with van der Waals surface area (Å²) in [6, 6.07) is 5.25. The van der Waals surface area contributed by atoms with Crippen LogP contribution in [0, 0.1) is 0 Å². The average molecular weight is 411 g/mol. The van der Waals surface area contributed by atoms with Crippen LogP contribution in [0.25, 0.3) is 21.9 Å². The van der Waals surface area contributed by atoms with Crippen molar-refractivity contribution in [2.75, 3.05) is 31.0 Å². The Labute approximate surface area is 173 Å². The quantitative estimate of drug-likeness (QED) is 0.462. The highest BCUT2D eigenvalue weighted by molar-refractivity contribution is 6.15. The van der Waals surface area contributed by atoms with Gasteiger partial charge in [-0.1, -0.05) is 12.1 Å². The van der Waals surface area contributed by atoms with Gasteiger partial charge in [0, 0.05) is 25.5 Å². The van der Waals surface area contributed by atoms with E-state index in [1.807, 2.05) is 26.0 Å². The second kappa shape index (κ2) is 7.79. The zero-order chi connectivity index (χ0) is 21.3. The first kappa shape index (κ1) is 19.9. The third-order valence-electron chi connectivity index (χ3n) is 5.29. The molecule has 10 heteroatoms. The molecule has 3 aromatic rings. The molecule has 1 aliphatic rings. The van der Waals surface area contributed by atoms with Crippen molar-refractivity contribution in [2.45, 2.75) is 32.2 Å². The maximum atomic E-state index is 12.4. The highest BCUT2D eigenvalue weighted by Crippen LogP contribution is 2.35. The number of aromatic nitrogens is 3. The summed E-state index contributed by atoms with van der Waals surface area (Å²) in [4.78, 5) is 36.5. The zero-order valence-corrected chi connectivity index (χ0v) is 17.2. The van der Waals surface area contributed by atoms with Gasteiger partial charge in [-0.05, 0) is 26.3 Å². The Morgan fingerprint density at radius 1 is 1.33 bits per heavy atom. The molecular formula is C20H25N7O3. The lowest BCUT2D eigenvalue weighted by Gasteiger charge is -2.32. The monoisotopic (exact) mass is 411 g/mol. The Kier molecular flexibility index (Phi) is 5.17. The summed E-state index contributed by atoms with van der Waals surface area (Å²) in [6.45, 7) is 4.87. The Morgan fingerprint density at radius 3 is 2.90 bits per heavy atom. The molecule has 10 nitrogen and oxygen atoms in total. The number of nitrogens with one attached hydrogen (secondary N) is 4. The molecule has 0 aliphatic carbocycles. The molecule has 4 N–H and O–H groups in total. The number of urea groups is 1. The molecule has 0 bridgehead atoms. The highest BCUT2D eigenvalue weighted by Gasteiger charge is 2.38. The number of rotatable bonds is 6. The number of ether oxygens (including phenoxy) is 1. The van der Waals surface area contributed by atoms with Gasteiger partial charge in [0.1, 0.15) is 12.0 Å². The molecule has 1 fully saturated rings. The van der Waals surface area contributed by atoms with Gasteiger partial charge in [0.05, 0.1) is 28.7 Å². The van der Waals surface area contributed by atoms with E-state index in [9.17, 15) is 9.59 Å². The van der Waals surface area contributed by atoms with Crippen molar-refractivity contribution in [3.8, 4) is 0 Å². The first-order valence-electron chi connectivity index (χ1n) is 9.79. The topological polar surface area (TPSA) is 124 Å². The Morgan fingerprint density at radius 2 is 2.17 bits per heavy atom. The van der Waals surface area contributed by atoms with E-state index >= 15 is 0 Å². The van der Waals surface area contributed by atoms with Crippen molar-refractivity contribution >= 4 is 45.4 Å². The first-order valence-corrected chi connectivity index (χ1v) is 9.79. The second-order valence-corrected chi connectivity index (χ2v) is 7.83. The fourth-order valence-electron chi connectivity index (χ4n) is 3.66. The number of amides is 3. The number of hydrogen-bond donors (Lipinski definition) is 4. The van der Waals surface area contributed by atoms with E-state index in [4.69, 9.17) is 4.74 Å². The van der Waals surface area contributed by atoms with Crippen LogP contribution >= 0.6 is 0 Å². The molecular weight excluding hydrogens is 386 g/mol. The van der Waals surface area contributed by atoms with Crippen molar-refractivity contribution in [1.82, 2.24) is 25.3 Å². The molecule has 30 heavy (non-hydrogen) atoms. The van der Waals surface area contributed by atoms with E-state index in [0.717, 1.165) is 22.7 Å². The maximum Gasteiger partial charge on any atom is 0.319 e. The standard InChI is InChI=1S/C20H25N7O3/c1-20(2)8-7-14(28)27(20)26-18-15-12-5-4-6-13(24-19(29)21-9-10-30-3)16(12)25-17(15)22-11-23-18/h4-6,11H,7-10H2,1-3H3,(H2,21,24,29)(H2,22,23,25,26). The van der Waals surface area contributed by atoms with Crippen LogP contribution in [-0.4, -0.2) is 57.7 Å². The minimum atomic E-state index is -0.327. The minimum absolute atomic E-state index is 0.0293. The van der Waals surface area contributed by atoms with E-state index in [0.29, 0.717) is 36.7 Å². The first-order chi connectivity index (χ1) is 14.4. The lowest BCUT2D eigenvalue weighted by molar-refractivity contribution is -0.129. The SMILES string of the molecule is COCCNC(=O)Nc1cccc2c1[nH]c1ncnc(NN3C(=O)CCC3(C)C)c12. The predicted octanol–water partition coefficient (Wildman–Crippen LogP) is 2.61. The van der Waals surface area contributed by atoms with Crippen LogP contribution in [0.1, 0.15) is 26.7 Å². The number of aromatic amines is 1. The van der Waals surface area contributed by atoms with Crippen LogP contribution in [0.15, 0.2) is 24.5 Å². The van der Waals surface area contributed by atoms with Gasteiger partial charge in [0.15, 0.2) is 5.82 Å². The predicted molar refractivity (Wildman–Crippen MR) is 114 cm³/mol. The molecule has 4 rings (SSSR count). The van der Waals surface area contributed by atoms with Crippen molar-refractivity contribution < 1.29 is 14.3 Å². The number of anilines is 2. The molecule has 1 aliphatic heterocycles. The summed E-state index contributed by atoms with van der Waals surface area (Å²) in [7, 11) is 1.58. The summed E-state index contributed by atoms with van der Waals surface area (Å²) in [5, 5.41) is 8.81. The van der Waals surface area contributed by atoms with E-state index in [1.54, 1.807) is 18.2 Å². The number of para-hydroxylation sites is 1. The van der Waals surface area contributed by atoms with Crippen LogP contribution < -0.4 is 16.1 Å². The van der Waals surface area contributed by atoms with Crippen LogP contribution in [-0.2, 0) is 9.53 Å². The second-order valence-electron chi connectivity index (χ2n) is 7.83. The fraction of sp³-hybridized carbons (Fsp3) is 0.400. The Bertz CT molecular complexity index is 1110. The lowest BCUT2D eigenvalue weighted by Crippen LogP contribution is -2.45. The van der Waals surface area contributed by atoms with Gasteiger partial charge in [0.2, 0.25) is 5.91 Å². The summed E-state index contributed by atoms with van der Waals surface area (Å²) in [5.41, 5.74) is 4.84. The molecule has 158 valence electrons. The number of carbonyl (C=O) groups excluding carboxylic acids is 2. The molecule has 0 radical (unpaired) electrons. The normalized spacial score (nSPS) is 15.7. The van der Waals surface area contributed by atoms with Crippen LogP contribution in [0.2, 0.25) is 0 Å². The van der Waals surface area contributed by atoms with E-state index in [-0.39, 0.29) is 17.5 Å². The maximum absolute atomic E-state index is 12.4. The molecule has 0 saturated carbocycles. The van der Waals surface area contributed by atoms with E-state index in [1.165, 1.54) is 6.33 Å². The number of nitrogens with zero attached hydrogens (tertiary/aromatic N) is 3. The zero-order valence-electron chi connectivity index (χ0n) is 17.2. The number of benzene rings is 1. The number of methoxy groups -OCH3 is 1. The number of carbonyl (C=O) groups is 2. The largest absolute Gasteiger partial charge is 0.383 e. The van der Waals surface area contributed by atoms with Crippen LogP contribution in [0.3, 0.4) is 0 Å². The van der Waals surface area contributed by atoms with E-state index in [2.05, 4.69) is 31.0 Å². The van der Waals surface area contributed by atoms with Gasteiger partial charge in [-0.3, -0.25) is 10.2 Å². The van der Waals surface area contributed by atoms with Crippen molar-refractivity contribution in [3.05, 3.63) is 24.5 Å². The van der Waals surface area contributed by atoms with Gasteiger partial charge < -0.3 is 20.4 Å². The van der Waals surface area contributed by atoms with Gasteiger partial charge in [-0.25, -0.2) is 19.8 Å². The number of fused-ring (bicyclic) bond motifs is 3. The summed E-state index contributed by atoms with van der Waals surface area (Å²) >= 11 is 0. The number of hydrogen-bond acceptors (Lipinski definition) is 6. The molecule has 0 unspecified atom stereocenters. The Balaban J connectivity index is 1.69. The van der Waals surface area contributed by atoms with Gasteiger partial charge in [-0.15, -0.1) is 0 Å². The van der Waals surface area contributed by atoms with Gasteiger partial charge >= 0.3 is 6.03 Å². The summed E-state index contributed by atoms with van der Waals surface area (Å²) < 4.78 is 4.94. The molecule has 1 aromatic carbocycles. The Hall–Kier alpha value is -3.40. The van der Waals surface area contributed by atoms with Crippen LogP contribution in [0.5, 0.6) is 0 Å². The van der Waals surface area contributed by atoms with Crippen molar-refractivity contribution in [2.24, 2.45) is 0 Å². The molecule has 3 heterocycles. The van der Waals surface area contributed by atoms with Gasteiger partial charge in [-0.2, -0.15) is 0 Å². The number of hydrazine groups is 1. The summed E-state index contributed by atoms with van der Waals surface area (Å²) in [5.74, 6) is 0.568. The van der Waals surface area contributed by atoms with Crippen molar-refractivity contribution in [1.29, 1.82) is 0 Å². The molecule has 3 amide bonds. The molecule has 0 spiro atoms. The third-order valence-corrected chi connectivity index (χ3v) is 5.29. The minimum Gasteiger partial charge on any atom is -0.383 e. The highest BCUT2D eigenvalue weighted by atomic mass is 16.5. The number of H-pyrrole nitrogens is 1.